The molecular weight excluding hydrogens is 457 g/mol. The highest BCUT2D eigenvalue weighted by Gasteiger charge is 2.42. The first-order valence-corrected chi connectivity index (χ1v) is 13.6. The SMILES string of the molecule is O=C(NC1CS(=O)(=O)CC1N1CCCC1)c1ccc(S(=O)(=O)Nc2ccc(F)cc2)cc1. The summed E-state index contributed by atoms with van der Waals surface area (Å²) in [5.74, 6) is -1.00. The van der Waals surface area contributed by atoms with E-state index >= 15 is 0 Å². The number of rotatable bonds is 6. The Labute approximate surface area is 186 Å². The number of sulfonamides is 1. The molecule has 2 aliphatic heterocycles. The van der Waals surface area contributed by atoms with Gasteiger partial charge in [0.1, 0.15) is 5.82 Å². The Morgan fingerprint density at radius 1 is 0.969 bits per heavy atom. The molecule has 11 heteroatoms. The summed E-state index contributed by atoms with van der Waals surface area (Å²) in [5.41, 5.74) is 0.443. The molecule has 2 heterocycles. The van der Waals surface area contributed by atoms with Crippen molar-refractivity contribution in [1.29, 1.82) is 0 Å². The molecule has 4 rings (SSSR count). The van der Waals surface area contributed by atoms with E-state index in [-0.39, 0.29) is 33.7 Å². The average Bonchev–Trinajstić information content (AvgIpc) is 3.37. The van der Waals surface area contributed by atoms with E-state index < -0.39 is 37.6 Å². The summed E-state index contributed by atoms with van der Waals surface area (Å²) in [4.78, 5) is 14.8. The van der Waals surface area contributed by atoms with Crippen molar-refractivity contribution in [1.82, 2.24) is 10.2 Å². The van der Waals surface area contributed by atoms with Crippen molar-refractivity contribution >= 4 is 31.5 Å². The van der Waals surface area contributed by atoms with Crippen LogP contribution < -0.4 is 10.0 Å². The van der Waals surface area contributed by atoms with Crippen LogP contribution in [0.15, 0.2) is 53.4 Å². The quantitative estimate of drug-likeness (QED) is 0.648. The lowest BCUT2D eigenvalue weighted by molar-refractivity contribution is 0.0918. The summed E-state index contributed by atoms with van der Waals surface area (Å²) >= 11 is 0. The van der Waals surface area contributed by atoms with E-state index in [0.717, 1.165) is 38.1 Å². The van der Waals surface area contributed by atoms with Gasteiger partial charge in [0.15, 0.2) is 9.84 Å². The van der Waals surface area contributed by atoms with E-state index in [1.54, 1.807) is 0 Å². The third-order valence-electron chi connectivity index (χ3n) is 5.77. The first-order valence-electron chi connectivity index (χ1n) is 10.3. The molecular formula is C21H24FN3O5S2. The fraction of sp³-hybridized carbons (Fsp3) is 0.381. The molecule has 2 atom stereocenters. The number of likely N-dealkylation sites (tertiary alicyclic amines) is 1. The molecule has 2 fully saturated rings. The minimum Gasteiger partial charge on any atom is -0.347 e. The van der Waals surface area contributed by atoms with Crippen molar-refractivity contribution in [3.63, 3.8) is 0 Å². The molecule has 0 radical (unpaired) electrons. The summed E-state index contributed by atoms with van der Waals surface area (Å²) in [7, 11) is -7.15. The topological polar surface area (TPSA) is 113 Å². The van der Waals surface area contributed by atoms with Crippen LogP contribution in [0, 0.1) is 5.82 Å². The summed E-state index contributed by atoms with van der Waals surface area (Å²) in [6, 6.07) is 9.50. The lowest BCUT2D eigenvalue weighted by Crippen LogP contribution is -2.50. The normalized spacial score (nSPS) is 23.2. The van der Waals surface area contributed by atoms with Gasteiger partial charge in [-0.1, -0.05) is 0 Å². The van der Waals surface area contributed by atoms with Gasteiger partial charge in [-0.25, -0.2) is 21.2 Å². The van der Waals surface area contributed by atoms with Crippen LogP contribution in [-0.2, 0) is 19.9 Å². The van der Waals surface area contributed by atoms with Crippen LogP contribution in [0.4, 0.5) is 10.1 Å². The van der Waals surface area contributed by atoms with Crippen molar-refractivity contribution in [3.05, 3.63) is 59.9 Å². The zero-order valence-corrected chi connectivity index (χ0v) is 18.8. The second-order valence-electron chi connectivity index (χ2n) is 8.10. The molecule has 0 bridgehead atoms. The van der Waals surface area contributed by atoms with Gasteiger partial charge in [0.05, 0.1) is 22.4 Å². The largest absolute Gasteiger partial charge is 0.347 e. The minimum absolute atomic E-state index is 0.0319. The van der Waals surface area contributed by atoms with E-state index in [1.807, 2.05) is 0 Å². The van der Waals surface area contributed by atoms with Gasteiger partial charge in [-0.2, -0.15) is 0 Å². The fourth-order valence-corrected chi connectivity index (χ4v) is 7.18. The number of amides is 1. The van der Waals surface area contributed by atoms with Gasteiger partial charge in [0.25, 0.3) is 15.9 Å². The summed E-state index contributed by atoms with van der Waals surface area (Å²) in [5, 5.41) is 2.82. The van der Waals surface area contributed by atoms with E-state index in [0.29, 0.717) is 0 Å². The molecule has 8 nitrogen and oxygen atoms in total. The number of hydrogen-bond donors (Lipinski definition) is 2. The molecule has 0 aliphatic carbocycles. The van der Waals surface area contributed by atoms with Crippen LogP contribution in [0.25, 0.3) is 0 Å². The Morgan fingerprint density at radius 2 is 1.59 bits per heavy atom. The lowest BCUT2D eigenvalue weighted by Gasteiger charge is -2.28. The Kier molecular flexibility index (Phi) is 6.24. The van der Waals surface area contributed by atoms with Crippen LogP contribution in [0.1, 0.15) is 23.2 Å². The number of sulfone groups is 1. The number of carbonyl (C=O) groups excluding carboxylic acids is 1. The molecule has 1 amide bonds. The molecule has 172 valence electrons. The second kappa shape index (κ2) is 8.80. The maximum Gasteiger partial charge on any atom is 0.261 e. The van der Waals surface area contributed by atoms with Crippen LogP contribution >= 0.6 is 0 Å². The van der Waals surface area contributed by atoms with E-state index in [9.17, 15) is 26.0 Å². The first-order chi connectivity index (χ1) is 15.1. The molecule has 0 aromatic heterocycles. The van der Waals surface area contributed by atoms with Crippen molar-refractivity contribution in [2.24, 2.45) is 0 Å². The lowest BCUT2D eigenvalue weighted by atomic mass is 10.1. The zero-order chi connectivity index (χ0) is 22.9. The van der Waals surface area contributed by atoms with E-state index in [1.165, 1.54) is 36.4 Å². The standard InChI is InChI=1S/C21H24FN3O5S2/c22-16-5-7-17(8-6-16)24-32(29,30)18-9-3-15(4-10-18)21(26)23-19-13-31(27,28)14-20(19)25-11-1-2-12-25/h3-10,19-20,24H,1-2,11-14H2,(H,23,26). The van der Waals surface area contributed by atoms with Gasteiger partial charge in [0, 0.05) is 17.3 Å². The Morgan fingerprint density at radius 3 is 2.22 bits per heavy atom. The van der Waals surface area contributed by atoms with Crippen LogP contribution in [0.5, 0.6) is 0 Å². The van der Waals surface area contributed by atoms with Gasteiger partial charge >= 0.3 is 0 Å². The second-order valence-corrected chi connectivity index (χ2v) is 11.9. The predicted octanol–water partition coefficient (Wildman–Crippen LogP) is 1.62. The number of benzene rings is 2. The molecule has 2 N–H and O–H groups in total. The third kappa shape index (κ3) is 5.11. The molecule has 32 heavy (non-hydrogen) atoms. The Bertz CT molecular complexity index is 1190. The maximum atomic E-state index is 13.0. The highest BCUT2D eigenvalue weighted by molar-refractivity contribution is 7.92. The molecule has 2 unspecified atom stereocenters. The van der Waals surface area contributed by atoms with Gasteiger partial charge in [-0.15, -0.1) is 0 Å². The first kappa shape index (κ1) is 22.7. The van der Waals surface area contributed by atoms with Crippen LogP contribution in [0.2, 0.25) is 0 Å². The van der Waals surface area contributed by atoms with Crippen molar-refractivity contribution in [2.75, 3.05) is 29.3 Å². The Hall–Kier alpha value is -2.50. The third-order valence-corrected chi connectivity index (χ3v) is 8.89. The molecule has 0 saturated carbocycles. The van der Waals surface area contributed by atoms with E-state index in [4.69, 9.17) is 0 Å². The monoisotopic (exact) mass is 481 g/mol. The zero-order valence-electron chi connectivity index (χ0n) is 17.2. The van der Waals surface area contributed by atoms with Crippen molar-refractivity contribution < 1.29 is 26.0 Å². The van der Waals surface area contributed by atoms with E-state index in [2.05, 4.69) is 14.9 Å². The molecule has 2 aliphatic rings. The number of halogens is 1. The van der Waals surface area contributed by atoms with Crippen LogP contribution in [0.3, 0.4) is 0 Å². The Balaban J connectivity index is 1.45. The van der Waals surface area contributed by atoms with Gasteiger partial charge in [-0.3, -0.25) is 14.4 Å². The number of hydrogen-bond acceptors (Lipinski definition) is 6. The van der Waals surface area contributed by atoms with Gasteiger partial charge in [0.2, 0.25) is 0 Å². The number of carbonyl (C=O) groups is 1. The molecule has 2 saturated heterocycles. The summed E-state index contributed by atoms with van der Waals surface area (Å²) < 4.78 is 64.8. The number of nitrogens with one attached hydrogen (secondary N) is 2. The smallest absolute Gasteiger partial charge is 0.261 e. The van der Waals surface area contributed by atoms with Gasteiger partial charge in [-0.05, 0) is 74.5 Å². The van der Waals surface area contributed by atoms with Gasteiger partial charge < -0.3 is 5.32 Å². The predicted molar refractivity (Wildman–Crippen MR) is 118 cm³/mol. The fourth-order valence-electron chi connectivity index (χ4n) is 4.17. The van der Waals surface area contributed by atoms with Crippen molar-refractivity contribution in [2.45, 2.75) is 29.8 Å². The molecule has 2 aromatic carbocycles. The maximum absolute atomic E-state index is 13.0. The minimum atomic E-state index is -3.92. The van der Waals surface area contributed by atoms with Crippen molar-refractivity contribution in [3.8, 4) is 0 Å². The van der Waals surface area contributed by atoms with Crippen LogP contribution in [-0.4, -0.2) is 64.3 Å². The summed E-state index contributed by atoms with van der Waals surface area (Å²) in [6.45, 7) is 1.64. The molecule has 0 spiro atoms. The highest BCUT2D eigenvalue weighted by Crippen LogP contribution is 2.23. The summed E-state index contributed by atoms with van der Waals surface area (Å²) in [6.07, 6.45) is 2.03. The number of nitrogens with zero attached hydrogens (tertiary/aromatic N) is 1. The molecule has 2 aromatic rings. The average molecular weight is 482 g/mol. The highest BCUT2D eigenvalue weighted by atomic mass is 32.2. The number of anilines is 1.